The number of hydrogen-bond acceptors (Lipinski definition) is 5. The van der Waals surface area contributed by atoms with Gasteiger partial charge in [-0.25, -0.2) is 0 Å². The summed E-state index contributed by atoms with van der Waals surface area (Å²) in [5, 5.41) is 26.1. The minimum absolute atomic E-state index is 0.0282. The number of fused-ring (bicyclic) bond motifs is 1. The second kappa shape index (κ2) is 7.51. The van der Waals surface area contributed by atoms with Crippen LogP contribution in [0.5, 0.6) is 0 Å². The summed E-state index contributed by atoms with van der Waals surface area (Å²) >= 11 is 5.98. The highest BCUT2D eigenvalue weighted by atomic mass is 35.5. The molecule has 2 N–H and O–H groups in total. The molecule has 1 heterocycles. The van der Waals surface area contributed by atoms with Crippen LogP contribution in [0.1, 0.15) is 36.8 Å². The number of benzene rings is 2. The van der Waals surface area contributed by atoms with Crippen LogP contribution >= 0.6 is 11.6 Å². The topological polar surface area (TPSA) is 125 Å². The molecular formula is C19H13ClN2O5-2. The molecule has 7 nitrogen and oxygen atoms in total. The number of rotatable bonds is 6. The Balaban J connectivity index is 1.81. The van der Waals surface area contributed by atoms with Gasteiger partial charge in [-0.2, -0.15) is 0 Å². The Hall–Kier alpha value is -3.32. The largest absolute Gasteiger partial charge is 0.545 e. The normalized spacial score (nSPS) is 10.7. The van der Waals surface area contributed by atoms with E-state index in [1.165, 1.54) is 24.3 Å². The molecule has 0 bridgehead atoms. The Kier molecular flexibility index (Phi) is 5.14. The van der Waals surface area contributed by atoms with E-state index < -0.39 is 17.8 Å². The molecule has 0 aliphatic heterocycles. The molecule has 0 radical (unpaired) electrons. The lowest BCUT2D eigenvalue weighted by molar-refractivity contribution is -0.256. The van der Waals surface area contributed by atoms with Gasteiger partial charge in [0.25, 0.3) is 5.91 Å². The summed E-state index contributed by atoms with van der Waals surface area (Å²) in [4.78, 5) is 37.5. The molecule has 8 heteroatoms. The van der Waals surface area contributed by atoms with Gasteiger partial charge in [0.1, 0.15) is 0 Å². The lowest BCUT2D eigenvalue weighted by atomic mass is 10.1. The highest BCUT2D eigenvalue weighted by Crippen LogP contribution is 2.26. The average Bonchev–Trinajstić information content (AvgIpc) is 2.99. The van der Waals surface area contributed by atoms with Gasteiger partial charge in [-0.05, 0) is 36.2 Å². The van der Waals surface area contributed by atoms with Crippen LogP contribution in [-0.4, -0.2) is 29.4 Å². The minimum Gasteiger partial charge on any atom is -0.545 e. The number of nitrogens with one attached hydrogen (secondary N) is 2. The number of halogens is 1. The highest BCUT2D eigenvalue weighted by molar-refractivity contribution is 6.31. The van der Waals surface area contributed by atoms with Crippen molar-refractivity contribution in [1.82, 2.24) is 10.3 Å². The molecule has 1 amide bonds. The van der Waals surface area contributed by atoms with Gasteiger partial charge in [0.2, 0.25) is 0 Å². The average molecular weight is 385 g/mol. The maximum absolute atomic E-state index is 12.3. The predicted molar refractivity (Wildman–Crippen MR) is 94.4 cm³/mol. The Morgan fingerprint density at radius 3 is 2.37 bits per heavy atom. The third-order valence-electron chi connectivity index (χ3n) is 4.12. The van der Waals surface area contributed by atoms with Crippen molar-refractivity contribution in [3.05, 3.63) is 69.9 Å². The zero-order valence-corrected chi connectivity index (χ0v) is 14.6. The summed E-state index contributed by atoms with van der Waals surface area (Å²) in [7, 11) is 0. The fourth-order valence-electron chi connectivity index (χ4n) is 2.91. The van der Waals surface area contributed by atoms with Crippen molar-refractivity contribution >= 4 is 40.3 Å². The van der Waals surface area contributed by atoms with E-state index in [0.717, 1.165) is 0 Å². The van der Waals surface area contributed by atoms with Crippen molar-refractivity contribution in [3.8, 4) is 0 Å². The molecule has 0 saturated heterocycles. The van der Waals surface area contributed by atoms with E-state index in [1.54, 1.807) is 18.2 Å². The first-order chi connectivity index (χ1) is 12.9. The van der Waals surface area contributed by atoms with Crippen molar-refractivity contribution < 1.29 is 24.6 Å². The number of carboxylic acid groups (broad SMARTS) is 2. The van der Waals surface area contributed by atoms with Gasteiger partial charge in [0, 0.05) is 33.6 Å². The van der Waals surface area contributed by atoms with Crippen LogP contribution in [0, 0.1) is 0 Å². The van der Waals surface area contributed by atoms with Gasteiger partial charge in [-0.3, -0.25) is 4.79 Å². The van der Waals surface area contributed by atoms with Gasteiger partial charge in [-0.1, -0.05) is 29.8 Å². The standard InChI is InChI=1S/C19H15ClN2O5/c20-10-5-6-15-14(9-10)11(16(22-15)19(26)27)7-8-21-17(23)12-3-1-2-4-13(12)18(24)25/h1-6,9,22H,7-8H2,(H,21,23)(H,24,25)(H,26,27)/p-2. The van der Waals surface area contributed by atoms with E-state index in [-0.39, 0.29) is 29.8 Å². The fraction of sp³-hybridized carbons (Fsp3) is 0.105. The van der Waals surface area contributed by atoms with Crippen molar-refractivity contribution in [2.45, 2.75) is 6.42 Å². The molecule has 138 valence electrons. The number of aromatic carboxylic acids is 2. The first-order valence-corrected chi connectivity index (χ1v) is 8.36. The van der Waals surface area contributed by atoms with E-state index in [4.69, 9.17) is 11.6 Å². The van der Waals surface area contributed by atoms with E-state index in [2.05, 4.69) is 10.3 Å². The quantitative estimate of drug-likeness (QED) is 0.641. The lowest BCUT2D eigenvalue weighted by Gasteiger charge is -2.11. The molecule has 0 spiro atoms. The monoisotopic (exact) mass is 384 g/mol. The number of amides is 1. The number of aromatic amines is 1. The second-order valence-electron chi connectivity index (χ2n) is 5.79. The van der Waals surface area contributed by atoms with Crippen LogP contribution in [0.3, 0.4) is 0 Å². The van der Waals surface area contributed by atoms with Crippen LogP contribution in [0.15, 0.2) is 42.5 Å². The second-order valence-corrected chi connectivity index (χ2v) is 6.23. The zero-order chi connectivity index (χ0) is 19.6. The Morgan fingerprint density at radius 1 is 1.00 bits per heavy atom. The van der Waals surface area contributed by atoms with Crippen molar-refractivity contribution in [1.29, 1.82) is 0 Å². The third kappa shape index (κ3) is 3.78. The molecule has 0 aliphatic carbocycles. The fourth-order valence-corrected chi connectivity index (χ4v) is 3.08. The number of hydrogen-bond donors (Lipinski definition) is 2. The van der Waals surface area contributed by atoms with Crippen molar-refractivity contribution in [2.24, 2.45) is 0 Å². The number of carboxylic acids is 2. The molecule has 3 rings (SSSR count). The Morgan fingerprint density at radius 2 is 1.70 bits per heavy atom. The number of carbonyl (C=O) groups excluding carboxylic acids is 3. The van der Waals surface area contributed by atoms with Crippen molar-refractivity contribution in [2.75, 3.05) is 6.54 Å². The van der Waals surface area contributed by atoms with Crippen LogP contribution in [0.25, 0.3) is 10.9 Å². The number of H-pyrrole nitrogens is 1. The minimum atomic E-state index is -1.45. The predicted octanol–water partition coefficient (Wildman–Crippen LogP) is 0.521. The Labute approximate surface area is 158 Å². The number of aromatic nitrogens is 1. The van der Waals surface area contributed by atoms with E-state index in [9.17, 15) is 24.6 Å². The lowest BCUT2D eigenvalue weighted by Crippen LogP contribution is -2.31. The van der Waals surface area contributed by atoms with E-state index in [0.29, 0.717) is 21.5 Å². The first-order valence-electron chi connectivity index (χ1n) is 7.98. The van der Waals surface area contributed by atoms with Crippen LogP contribution in [0.4, 0.5) is 0 Å². The summed E-state index contributed by atoms with van der Waals surface area (Å²) in [6.07, 6.45) is 0.183. The SMILES string of the molecule is O=C([O-])c1ccccc1C(=O)NCCc1c(C(=O)[O-])[nH]c2ccc(Cl)cc12. The van der Waals surface area contributed by atoms with Crippen molar-refractivity contribution in [3.63, 3.8) is 0 Å². The van der Waals surface area contributed by atoms with Gasteiger partial charge < -0.3 is 30.1 Å². The molecular weight excluding hydrogens is 372 g/mol. The van der Waals surface area contributed by atoms with E-state index >= 15 is 0 Å². The van der Waals surface area contributed by atoms with Crippen LogP contribution in [-0.2, 0) is 6.42 Å². The Bertz CT molecular complexity index is 1060. The van der Waals surface area contributed by atoms with Crippen LogP contribution < -0.4 is 15.5 Å². The van der Waals surface area contributed by atoms with Gasteiger partial charge in [0.15, 0.2) is 0 Å². The zero-order valence-electron chi connectivity index (χ0n) is 13.9. The summed E-state index contributed by atoms with van der Waals surface area (Å²) in [5.41, 5.74) is 0.698. The maximum Gasteiger partial charge on any atom is 0.251 e. The van der Waals surface area contributed by atoms with Gasteiger partial charge >= 0.3 is 0 Å². The van der Waals surface area contributed by atoms with Gasteiger partial charge in [0.05, 0.1) is 17.6 Å². The molecule has 0 aliphatic rings. The summed E-state index contributed by atoms with van der Waals surface area (Å²) in [6, 6.07) is 10.6. The smallest absolute Gasteiger partial charge is 0.251 e. The molecule has 2 aromatic carbocycles. The summed E-state index contributed by atoms with van der Waals surface area (Å²) in [6.45, 7) is 0.0833. The highest BCUT2D eigenvalue weighted by Gasteiger charge is 2.15. The van der Waals surface area contributed by atoms with Gasteiger partial charge in [-0.15, -0.1) is 0 Å². The summed E-state index contributed by atoms with van der Waals surface area (Å²) in [5.74, 6) is -3.42. The number of carbonyl (C=O) groups is 3. The third-order valence-corrected chi connectivity index (χ3v) is 4.36. The molecule has 3 aromatic rings. The maximum atomic E-state index is 12.3. The van der Waals surface area contributed by atoms with Crippen LogP contribution in [0.2, 0.25) is 5.02 Å². The summed E-state index contributed by atoms with van der Waals surface area (Å²) < 4.78 is 0. The molecule has 0 unspecified atom stereocenters. The molecule has 0 atom stereocenters. The molecule has 0 fully saturated rings. The molecule has 27 heavy (non-hydrogen) atoms. The molecule has 1 aromatic heterocycles. The first kappa shape index (κ1) is 18.5. The molecule has 0 saturated carbocycles. The van der Waals surface area contributed by atoms with E-state index in [1.807, 2.05) is 0 Å².